The summed E-state index contributed by atoms with van der Waals surface area (Å²) >= 11 is 0. The van der Waals surface area contributed by atoms with Crippen molar-refractivity contribution in [2.45, 2.75) is 125 Å². The van der Waals surface area contributed by atoms with Crippen LogP contribution in [0.4, 0.5) is 0 Å². The quantitative estimate of drug-likeness (QED) is 0.149. The second kappa shape index (κ2) is 16.6. The van der Waals surface area contributed by atoms with Gasteiger partial charge in [0.1, 0.15) is 18.3 Å². The van der Waals surface area contributed by atoms with Gasteiger partial charge in [-0.05, 0) is 19.9 Å². The van der Waals surface area contributed by atoms with E-state index in [4.69, 9.17) is 35.2 Å². The van der Waals surface area contributed by atoms with Crippen LogP contribution in [0.5, 0.6) is 0 Å². The summed E-state index contributed by atoms with van der Waals surface area (Å²) in [7, 11) is 0. The molecule has 0 unspecified atom stereocenters. The van der Waals surface area contributed by atoms with Gasteiger partial charge < -0.3 is 60.7 Å². The molecule has 0 aromatic rings. The number of allylic oxidation sites excluding steroid dienone is 6. The molecule has 47 heavy (non-hydrogen) atoms. The maximum atomic E-state index is 12.5. The summed E-state index contributed by atoms with van der Waals surface area (Å²) in [5.74, 6) is -4.66. The van der Waals surface area contributed by atoms with Crippen molar-refractivity contribution in [3.8, 4) is 0 Å². The zero-order chi connectivity index (χ0) is 34.3. The first-order chi connectivity index (χ1) is 22.3. The lowest BCUT2D eigenvalue weighted by Gasteiger charge is -2.45. The third-order valence-corrected chi connectivity index (χ3v) is 8.62. The van der Waals surface area contributed by atoms with Gasteiger partial charge in [-0.3, -0.25) is 4.79 Å². The van der Waals surface area contributed by atoms with E-state index in [-0.39, 0.29) is 25.4 Å². The molecule has 4 aliphatic heterocycles. The summed E-state index contributed by atoms with van der Waals surface area (Å²) < 4.78 is 28.7. The van der Waals surface area contributed by atoms with Gasteiger partial charge in [0.15, 0.2) is 12.1 Å². The molecule has 3 saturated heterocycles. The molecule has 0 aliphatic carbocycles. The van der Waals surface area contributed by atoms with Crippen LogP contribution in [-0.4, -0.2) is 117 Å². The van der Waals surface area contributed by atoms with Crippen LogP contribution in [0.1, 0.15) is 46.0 Å². The number of primary amides is 1. The molecule has 4 heterocycles. The standard InChI is InChI=1S/C33H48N2O12/c1-18-10-8-6-4-3-5-7-9-11-21(45-32-30(40)28(34)29(39)19(2)44-32)15-25-27(31(35)41)22(37)17-33(42,47-25)16-20(36)14-24-23(46-24)12-13-26(38)43-18/h3-9,11-13,18-25,27-30,32,36-37,39-40,42H,10,14-17,34H2,1-2H3,(H2,35,41)/b4-3+,7-5+,8-6+,11-9+,13-12+/t18-,19-,20+,21+,22+,23-,24-,25+,27-,28+,29-,30-,32+,33-/m1/s1. The maximum absolute atomic E-state index is 12.5. The van der Waals surface area contributed by atoms with Crippen molar-refractivity contribution in [1.29, 1.82) is 0 Å². The molecule has 14 nitrogen and oxygen atoms in total. The van der Waals surface area contributed by atoms with Gasteiger partial charge in [-0.2, -0.15) is 0 Å². The summed E-state index contributed by atoms with van der Waals surface area (Å²) in [5.41, 5.74) is 11.6. The number of hydrogen-bond donors (Lipinski definition) is 7. The minimum Gasteiger partial charge on any atom is -0.459 e. The average Bonchev–Trinajstić information content (AvgIpc) is 3.72. The lowest BCUT2D eigenvalue weighted by molar-refractivity contribution is -0.306. The number of epoxide rings is 1. The number of carbonyl (C=O) groups excluding carboxylic acids is 2. The fourth-order valence-corrected chi connectivity index (χ4v) is 6.05. The Bertz CT molecular complexity index is 1220. The van der Waals surface area contributed by atoms with Gasteiger partial charge in [-0.25, -0.2) is 4.79 Å². The molecule has 262 valence electrons. The molecule has 0 spiro atoms. The molecule has 0 radical (unpaired) electrons. The molecule has 1 amide bonds. The predicted molar refractivity (Wildman–Crippen MR) is 167 cm³/mol. The van der Waals surface area contributed by atoms with E-state index < -0.39 is 97.3 Å². The summed E-state index contributed by atoms with van der Waals surface area (Å²) in [6.07, 6.45) is 6.16. The van der Waals surface area contributed by atoms with Crippen LogP contribution in [-0.2, 0) is 33.3 Å². The van der Waals surface area contributed by atoms with Gasteiger partial charge in [0.25, 0.3) is 0 Å². The molecule has 0 aromatic carbocycles. The third kappa shape index (κ3) is 10.6. The number of carbonyl (C=O) groups is 2. The smallest absolute Gasteiger partial charge is 0.330 e. The van der Waals surface area contributed by atoms with E-state index in [1.807, 2.05) is 12.2 Å². The van der Waals surface area contributed by atoms with Crippen LogP contribution in [0.2, 0.25) is 0 Å². The monoisotopic (exact) mass is 664 g/mol. The number of cyclic esters (lactones) is 1. The SMILES string of the molecule is C[C@@H]1C/C=C/C=C/C=C/C=C/[C@H](O[C@@H]2O[C@H](C)[C@@H](O)[C@H](N)[C@H]2O)C[C@@H]2O[C@](O)(C[C@@H](O)C[C@H]3O[C@@H]3/C=C/C(=O)O1)C[C@H](O)[C@H]2C(N)=O. The Balaban J connectivity index is 1.58. The molecule has 0 saturated carbocycles. The van der Waals surface area contributed by atoms with E-state index in [1.165, 1.54) is 6.08 Å². The van der Waals surface area contributed by atoms with Crippen molar-refractivity contribution in [3.63, 3.8) is 0 Å². The van der Waals surface area contributed by atoms with Crippen molar-refractivity contribution in [3.05, 3.63) is 60.8 Å². The first kappa shape index (κ1) is 37.1. The van der Waals surface area contributed by atoms with E-state index in [0.29, 0.717) is 6.42 Å². The van der Waals surface area contributed by atoms with Gasteiger partial charge in [-0.1, -0.05) is 48.6 Å². The zero-order valence-electron chi connectivity index (χ0n) is 26.6. The number of aliphatic hydroxyl groups is 5. The first-order valence-electron chi connectivity index (χ1n) is 16.0. The molecular formula is C33H48N2O12. The van der Waals surface area contributed by atoms with Gasteiger partial charge >= 0.3 is 5.97 Å². The van der Waals surface area contributed by atoms with Crippen molar-refractivity contribution in [1.82, 2.24) is 0 Å². The number of ether oxygens (including phenoxy) is 5. The Kier molecular flexibility index (Phi) is 13.1. The van der Waals surface area contributed by atoms with Gasteiger partial charge in [0, 0.05) is 38.2 Å². The average molecular weight is 665 g/mol. The number of amides is 1. The second-order valence-corrected chi connectivity index (χ2v) is 12.6. The number of esters is 1. The molecule has 14 atom stereocenters. The summed E-state index contributed by atoms with van der Waals surface area (Å²) in [4.78, 5) is 24.7. The maximum Gasteiger partial charge on any atom is 0.330 e. The van der Waals surface area contributed by atoms with Crippen LogP contribution in [0.15, 0.2) is 60.8 Å². The molecule has 4 rings (SSSR count). The minimum atomic E-state index is -2.04. The van der Waals surface area contributed by atoms with Crippen LogP contribution in [0.25, 0.3) is 0 Å². The van der Waals surface area contributed by atoms with Crippen LogP contribution in [0, 0.1) is 5.92 Å². The fraction of sp³-hybridized carbons (Fsp3) is 0.636. The number of fused-ring (bicyclic) bond motifs is 3. The predicted octanol–water partition coefficient (Wildman–Crippen LogP) is -0.480. The Morgan fingerprint density at radius 2 is 1.64 bits per heavy atom. The Morgan fingerprint density at radius 3 is 2.36 bits per heavy atom. The summed E-state index contributed by atoms with van der Waals surface area (Å²) in [6.45, 7) is 3.36. The van der Waals surface area contributed by atoms with E-state index in [1.54, 1.807) is 56.4 Å². The van der Waals surface area contributed by atoms with Gasteiger partial charge in [0.2, 0.25) is 5.91 Å². The molecule has 14 heteroatoms. The van der Waals surface area contributed by atoms with Crippen molar-refractivity contribution >= 4 is 11.9 Å². The Labute approximate surface area is 273 Å². The van der Waals surface area contributed by atoms with Crippen molar-refractivity contribution in [2.75, 3.05) is 0 Å². The van der Waals surface area contributed by atoms with Crippen LogP contribution in [0.3, 0.4) is 0 Å². The summed E-state index contributed by atoms with van der Waals surface area (Å²) in [6, 6.07) is -1.06. The van der Waals surface area contributed by atoms with Gasteiger partial charge in [-0.15, -0.1) is 0 Å². The minimum absolute atomic E-state index is 0.104. The largest absolute Gasteiger partial charge is 0.459 e. The second-order valence-electron chi connectivity index (χ2n) is 12.6. The molecule has 9 N–H and O–H groups in total. The van der Waals surface area contributed by atoms with E-state index in [9.17, 15) is 35.1 Å². The number of nitrogens with two attached hydrogens (primary N) is 2. The van der Waals surface area contributed by atoms with E-state index in [0.717, 1.165) is 0 Å². The molecule has 2 bridgehead atoms. The normalized spacial score (nSPS) is 47.2. The highest BCUT2D eigenvalue weighted by Crippen LogP contribution is 2.39. The van der Waals surface area contributed by atoms with Crippen molar-refractivity contribution in [2.24, 2.45) is 17.4 Å². The third-order valence-electron chi connectivity index (χ3n) is 8.62. The molecule has 4 aliphatic rings. The van der Waals surface area contributed by atoms with E-state index in [2.05, 4.69) is 0 Å². The number of hydrogen-bond acceptors (Lipinski definition) is 13. The van der Waals surface area contributed by atoms with Crippen LogP contribution >= 0.6 is 0 Å². The lowest BCUT2D eigenvalue weighted by atomic mass is 9.82. The summed E-state index contributed by atoms with van der Waals surface area (Å²) in [5, 5.41) is 54.1. The number of rotatable bonds is 3. The highest BCUT2D eigenvalue weighted by molar-refractivity contribution is 5.82. The highest BCUT2D eigenvalue weighted by Gasteiger charge is 2.51. The zero-order valence-corrected chi connectivity index (χ0v) is 26.6. The molecule has 0 aromatic heterocycles. The topological polar surface area (TPSA) is 237 Å². The van der Waals surface area contributed by atoms with E-state index >= 15 is 0 Å². The lowest BCUT2D eigenvalue weighted by Crippen LogP contribution is -2.61. The molecular weight excluding hydrogens is 616 g/mol. The van der Waals surface area contributed by atoms with Crippen LogP contribution < -0.4 is 11.5 Å². The van der Waals surface area contributed by atoms with Gasteiger partial charge in [0.05, 0.1) is 54.7 Å². The Hall–Kier alpha value is -2.76. The van der Waals surface area contributed by atoms with Crippen molar-refractivity contribution < 1.29 is 58.8 Å². The first-order valence-corrected chi connectivity index (χ1v) is 16.0. The number of aliphatic hydroxyl groups excluding tert-OH is 4. The molecule has 3 fully saturated rings. The fourth-order valence-electron chi connectivity index (χ4n) is 6.05. The Morgan fingerprint density at radius 1 is 0.936 bits per heavy atom. The highest BCUT2D eigenvalue weighted by atomic mass is 16.7.